The van der Waals surface area contributed by atoms with Crippen molar-refractivity contribution in [3.05, 3.63) is 46.8 Å². The predicted octanol–water partition coefficient (Wildman–Crippen LogP) is 2.70. The van der Waals surface area contributed by atoms with Crippen LogP contribution in [-0.2, 0) is 4.74 Å². The Kier molecular flexibility index (Phi) is 5.83. The summed E-state index contributed by atoms with van der Waals surface area (Å²) in [6.07, 6.45) is 0. The average Bonchev–Trinajstić information content (AvgIpc) is 2.42. The van der Waals surface area contributed by atoms with Gasteiger partial charge in [0.2, 0.25) is 5.82 Å². The number of rotatable bonds is 6. The van der Waals surface area contributed by atoms with E-state index in [1.54, 1.807) is 6.92 Å². The van der Waals surface area contributed by atoms with Crippen molar-refractivity contribution in [1.29, 1.82) is 0 Å². The summed E-state index contributed by atoms with van der Waals surface area (Å²) in [5.74, 6) is -12.4. The molecule has 21 heavy (non-hydrogen) atoms. The average molecular weight is 309 g/mol. The van der Waals surface area contributed by atoms with Crippen LogP contribution < -0.4 is 5.32 Å². The zero-order chi connectivity index (χ0) is 16.2. The highest BCUT2D eigenvalue weighted by molar-refractivity contribution is 5.94. The Balaban J connectivity index is 2.77. The fourth-order valence-corrected chi connectivity index (χ4v) is 1.38. The summed E-state index contributed by atoms with van der Waals surface area (Å²) < 4.78 is 70.3. The van der Waals surface area contributed by atoms with Crippen molar-refractivity contribution in [2.45, 2.75) is 6.92 Å². The zero-order valence-electron chi connectivity index (χ0n) is 11.0. The van der Waals surface area contributed by atoms with Gasteiger partial charge in [-0.1, -0.05) is 12.2 Å². The third-order valence-corrected chi connectivity index (χ3v) is 2.32. The van der Waals surface area contributed by atoms with Crippen molar-refractivity contribution in [3.63, 3.8) is 0 Å². The van der Waals surface area contributed by atoms with Crippen molar-refractivity contribution in [2.75, 3.05) is 19.8 Å². The molecule has 0 spiro atoms. The number of nitrogens with one attached hydrogen (secondary N) is 1. The van der Waals surface area contributed by atoms with Crippen LogP contribution >= 0.6 is 0 Å². The van der Waals surface area contributed by atoms with E-state index in [4.69, 9.17) is 4.74 Å². The largest absolute Gasteiger partial charge is 0.375 e. The second-order valence-electron chi connectivity index (χ2n) is 4.21. The van der Waals surface area contributed by atoms with Crippen LogP contribution in [0.25, 0.3) is 0 Å². The highest BCUT2D eigenvalue weighted by Gasteiger charge is 2.29. The molecule has 1 rings (SSSR count). The maximum atomic E-state index is 13.3. The third kappa shape index (κ3) is 4.01. The van der Waals surface area contributed by atoms with E-state index in [1.807, 2.05) is 5.32 Å². The van der Waals surface area contributed by atoms with Gasteiger partial charge in [0.1, 0.15) is 5.56 Å². The first-order valence-corrected chi connectivity index (χ1v) is 5.79. The zero-order valence-corrected chi connectivity index (χ0v) is 11.0. The molecule has 0 radical (unpaired) electrons. The van der Waals surface area contributed by atoms with Gasteiger partial charge in [0.15, 0.2) is 23.3 Å². The minimum Gasteiger partial charge on any atom is -0.375 e. The number of hydrogen-bond donors (Lipinski definition) is 1. The molecule has 1 aromatic carbocycles. The maximum absolute atomic E-state index is 13.3. The molecule has 3 nitrogen and oxygen atoms in total. The normalized spacial score (nSPS) is 10.6. The highest BCUT2D eigenvalue weighted by Crippen LogP contribution is 2.22. The van der Waals surface area contributed by atoms with E-state index < -0.39 is 40.6 Å². The molecule has 0 heterocycles. The number of carbonyl (C=O) groups excluding carboxylic acids is 1. The van der Waals surface area contributed by atoms with Crippen molar-refractivity contribution in [3.8, 4) is 0 Å². The lowest BCUT2D eigenvalue weighted by Crippen LogP contribution is -2.30. The molecular weight excluding hydrogens is 297 g/mol. The summed E-state index contributed by atoms with van der Waals surface area (Å²) >= 11 is 0. The van der Waals surface area contributed by atoms with Gasteiger partial charge in [0, 0.05) is 6.54 Å². The Morgan fingerprint density at radius 1 is 1.05 bits per heavy atom. The van der Waals surface area contributed by atoms with Gasteiger partial charge in [-0.2, -0.15) is 0 Å². The third-order valence-electron chi connectivity index (χ3n) is 2.32. The minimum atomic E-state index is -2.31. The van der Waals surface area contributed by atoms with Gasteiger partial charge in [-0.3, -0.25) is 4.79 Å². The lowest BCUT2D eigenvalue weighted by molar-refractivity contribution is 0.0915. The first kappa shape index (κ1) is 17.1. The van der Waals surface area contributed by atoms with Crippen LogP contribution in [0.1, 0.15) is 17.3 Å². The van der Waals surface area contributed by atoms with E-state index in [-0.39, 0.29) is 19.8 Å². The van der Waals surface area contributed by atoms with Gasteiger partial charge in [-0.15, -0.1) is 0 Å². The van der Waals surface area contributed by atoms with Gasteiger partial charge in [-0.05, 0) is 6.92 Å². The fraction of sp³-hybridized carbons (Fsp3) is 0.308. The number of benzene rings is 1. The molecule has 8 heteroatoms. The quantitative estimate of drug-likeness (QED) is 0.288. The summed E-state index contributed by atoms with van der Waals surface area (Å²) in [5.41, 5.74) is -0.799. The summed E-state index contributed by atoms with van der Waals surface area (Å²) in [4.78, 5) is 11.5. The van der Waals surface area contributed by atoms with Gasteiger partial charge in [0.25, 0.3) is 5.91 Å². The monoisotopic (exact) mass is 309 g/mol. The molecule has 0 saturated carbocycles. The van der Waals surface area contributed by atoms with Gasteiger partial charge in [0.05, 0.1) is 13.2 Å². The SMILES string of the molecule is C=C(C)COCCNC(=O)c1c(F)c(F)c(F)c(F)c1F. The van der Waals surface area contributed by atoms with Crippen LogP contribution in [0.5, 0.6) is 0 Å². The smallest absolute Gasteiger partial charge is 0.257 e. The van der Waals surface area contributed by atoms with Crippen LogP contribution in [0.2, 0.25) is 0 Å². The summed E-state index contributed by atoms with van der Waals surface area (Å²) in [7, 11) is 0. The topological polar surface area (TPSA) is 38.3 Å². The molecule has 1 amide bonds. The Bertz CT molecular complexity index is 545. The Morgan fingerprint density at radius 2 is 1.52 bits per heavy atom. The van der Waals surface area contributed by atoms with Crippen molar-refractivity contribution in [1.82, 2.24) is 5.32 Å². The molecular formula is C13H12F5NO2. The van der Waals surface area contributed by atoms with Gasteiger partial charge in [-0.25, -0.2) is 22.0 Å². The van der Waals surface area contributed by atoms with Crippen LogP contribution in [-0.4, -0.2) is 25.7 Å². The maximum Gasteiger partial charge on any atom is 0.257 e. The molecule has 0 aromatic heterocycles. The Morgan fingerprint density at radius 3 is 2.00 bits per heavy atom. The minimum absolute atomic E-state index is 0.00596. The van der Waals surface area contributed by atoms with E-state index in [1.165, 1.54) is 0 Å². The summed E-state index contributed by atoms with van der Waals surface area (Å²) in [6, 6.07) is 0. The lowest BCUT2D eigenvalue weighted by atomic mass is 10.1. The molecule has 0 bridgehead atoms. The molecule has 0 aliphatic heterocycles. The van der Waals surface area contributed by atoms with Crippen LogP contribution in [0.4, 0.5) is 22.0 Å². The standard InChI is InChI=1S/C13H12F5NO2/c1-6(2)5-21-4-3-19-13(20)7-8(14)10(16)12(18)11(17)9(7)15/h1,3-5H2,2H3,(H,19,20). The Hall–Kier alpha value is -1.96. The van der Waals surface area contributed by atoms with E-state index in [2.05, 4.69) is 6.58 Å². The molecule has 0 aliphatic rings. The predicted molar refractivity (Wildman–Crippen MR) is 64.2 cm³/mol. The summed E-state index contributed by atoms with van der Waals surface area (Å²) in [6.45, 7) is 5.31. The fourth-order valence-electron chi connectivity index (χ4n) is 1.38. The first-order valence-electron chi connectivity index (χ1n) is 5.79. The van der Waals surface area contributed by atoms with Gasteiger partial charge >= 0.3 is 0 Å². The molecule has 0 atom stereocenters. The van der Waals surface area contributed by atoms with Crippen molar-refractivity contribution >= 4 is 5.91 Å². The van der Waals surface area contributed by atoms with E-state index >= 15 is 0 Å². The number of ether oxygens (including phenoxy) is 1. The van der Waals surface area contributed by atoms with Crippen molar-refractivity contribution in [2.24, 2.45) is 0 Å². The lowest BCUT2D eigenvalue weighted by Gasteiger charge is -2.09. The first-order chi connectivity index (χ1) is 9.77. The van der Waals surface area contributed by atoms with E-state index in [9.17, 15) is 26.7 Å². The second kappa shape index (κ2) is 7.16. The molecule has 0 aliphatic carbocycles. The number of hydrogen-bond acceptors (Lipinski definition) is 2. The molecule has 0 fully saturated rings. The van der Waals surface area contributed by atoms with Crippen LogP contribution in [0.15, 0.2) is 12.2 Å². The summed E-state index contributed by atoms with van der Waals surface area (Å²) in [5, 5.41) is 2.00. The van der Waals surface area contributed by atoms with E-state index in [0.717, 1.165) is 5.57 Å². The van der Waals surface area contributed by atoms with Crippen LogP contribution in [0, 0.1) is 29.1 Å². The number of carbonyl (C=O) groups is 1. The molecule has 0 unspecified atom stereocenters. The van der Waals surface area contributed by atoms with E-state index in [0.29, 0.717) is 0 Å². The molecule has 116 valence electrons. The number of halogens is 5. The molecule has 1 aromatic rings. The highest BCUT2D eigenvalue weighted by atomic mass is 19.2. The number of amides is 1. The molecule has 1 N–H and O–H groups in total. The molecule has 0 saturated heterocycles. The van der Waals surface area contributed by atoms with Crippen molar-refractivity contribution < 1.29 is 31.5 Å². The second-order valence-corrected chi connectivity index (χ2v) is 4.21. The Labute approximate surface area is 117 Å². The van der Waals surface area contributed by atoms with Crippen LogP contribution in [0.3, 0.4) is 0 Å². The van der Waals surface area contributed by atoms with Gasteiger partial charge < -0.3 is 10.1 Å².